The third kappa shape index (κ3) is 8.60. The van der Waals surface area contributed by atoms with E-state index in [1.54, 1.807) is 13.8 Å². The molecule has 8 heteroatoms. The van der Waals surface area contributed by atoms with E-state index in [4.69, 9.17) is 9.47 Å². The lowest BCUT2D eigenvalue weighted by Gasteiger charge is -2.47. The number of rotatable bonds is 17. The van der Waals surface area contributed by atoms with Gasteiger partial charge in [-0.15, -0.1) is 0 Å². The highest BCUT2D eigenvalue weighted by Crippen LogP contribution is 2.49. The number of hydrogen-bond donors (Lipinski definition) is 2. The maximum absolute atomic E-state index is 13.9. The summed E-state index contributed by atoms with van der Waals surface area (Å²) in [6, 6.07) is 6.05. The van der Waals surface area contributed by atoms with Gasteiger partial charge in [-0.05, 0) is 76.0 Å². The molecule has 4 atom stereocenters. The Morgan fingerprint density at radius 2 is 1.28 bits per heavy atom. The highest BCUT2D eigenvalue weighted by atomic mass is 16.5. The molecule has 0 aromatic heterocycles. The first-order chi connectivity index (χ1) is 20.4. The quantitative estimate of drug-likeness (QED) is 0.189. The van der Waals surface area contributed by atoms with Gasteiger partial charge in [-0.2, -0.15) is 0 Å². The first-order valence-electron chi connectivity index (χ1n) is 16.4. The van der Waals surface area contributed by atoms with Crippen molar-refractivity contribution in [2.24, 2.45) is 23.7 Å². The molecule has 1 aliphatic rings. The average molecular weight is 601 g/mol. The minimum Gasteiger partial charge on any atom is -0.466 e. The van der Waals surface area contributed by atoms with Crippen molar-refractivity contribution < 1.29 is 28.7 Å². The topological polar surface area (TPSA) is 111 Å². The maximum atomic E-state index is 13.9. The highest BCUT2D eigenvalue weighted by Gasteiger charge is 2.64. The Morgan fingerprint density at radius 1 is 0.744 bits per heavy atom. The number of nitrogens with one attached hydrogen (secondary N) is 2. The number of carbonyl (C=O) groups excluding carboxylic acids is 4. The van der Waals surface area contributed by atoms with Crippen LogP contribution in [0.3, 0.4) is 0 Å². The van der Waals surface area contributed by atoms with Crippen LogP contribution in [0.2, 0.25) is 0 Å². The van der Waals surface area contributed by atoms with Gasteiger partial charge in [0.05, 0.1) is 36.9 Å². The van der Waals surface area contributed by atoms with Crippen molar-refractivity contribution in [2.75, 3.05) is 18.5 Å². The van der Waals surface area contributed by atoms with Crippen molar-refractivity contribution in [1.82, 2.24) is 5.32 Å². The van der Waals surface area contributed by atoms with Gasteiger partial charge < -0.3 is 20.1 Å². The molecule has 4 unspecified atom stereocenters. The van der Waals surface area contributed by atoms with Gasteiger partial charge in [0.2, 0.25) is 11.8 Å². The van der Waals surface area contributed by atoms with E-state index in [1.807, 2.05) is 32.9 Å². The van der Waals surface area contributed by atoms with E-state index in [0.717, 1.165) is 50.5 Å². The van der Waals surface area contributed by atoms with E-state index in [1.165, 1.54) is 5.56 Å². The summed E-state index contributed by atoms with van der Waals surface area (Å²) in [5.41, 5.74) is 2.26. The number of ether oxygens (including phenoxy) is 2. The average Bonchev–Trinajstić information content (AvgIpc) is 2.95. The van der Waals surface area contributed by atoms with Gasteiger partial charge in [-0.25, -0.2) is 0 Å². The van der Waals surface area contributed by atoms with E-state index >= 15 is 0 Å². The number of carbonyl (C=O) groups is 4. The number of anilines is 1. The van der Waals surface area contributed by atoms with E-state index < -0.39 is 53.0 Å². The van der Waals surface area contributed by atoms with Gasteiger partial charge in [0.1, 0.15) is 0 Å². The van der Waals surface area contributed by atoms with Crippen LogP contribution < -0.4 is 10.6 Å². The summed E-state index contributed by atoms with van der Waals surface area (Å²) in [5.74, 6) is -6.59. The van der Waals surface area contributed by atoms with Crippen LogP contribution in [0.4, 0.5) is 5.69 Å². The molecular weight excluding hydrogens is 544 g/mol. The van der Waals surface area contributed by atoms with E-state index in [2.05, 4.69) is 44.4 Å². The molecule has 2 amide bonds. The summed E-state index contributed by atoms with van der Waals surface area (Å²) in [4.78, 5) is 54.1. The van der Waals surface area contributed by atoms with Gasteiger partial charge >= 0.3 is 11.9 Å². The summed E-state index contributed by atoms with van der Waals surface area (Å²) >= 11 is 0. The van der Waals surface area contributed by atoms with Crippen molar-refractivity contribution in [3.63, 3.8) is 0 Å². The lowest BCUT2D eigenvalue weighted by molar-refractivity contribution is -0.185. The standard InChI is InChI=1S/C35H56N2O6/c1-10-16-20-34(8,12-3)24-18-19-25(23(7)22-24)36-30(38)26-28(32(40)42-14-5)27(29(26)33(41)43-15-6)31(39)37-35(9,13-4)21-17-11-2/h18-19,22,26-29H,10-17,20-21H2,1-9H3,(H,36,38)(H,37,39). The fourth-order valence-electron chi connectivity index (χ4n) is 6.23. The van der Waals surface area contributed by atoms with Crippen LogP contribution in [-0.4, -0.2) is 42.5 Å². The van der Waals surface area contributed by atoms with Crippen LogP contribution in [0.5, 0.6) is 0 Å². The van der Waals surface area contributed by atoms with E-state index in [0.29, 0.717) is 12.1 Å². The molecule has 0 heterocycles. The third-order valence-corrected chi connectivity index (χ3v) is 9.60. The normalized spacial score (nSPS) is 22.3. The van der Waals surface area contributed by atoms with Crippen LogP contribution in [0.15, 0.2) is 18.2 Å². The molecule has 1 fully saturated rings. The molecule has 43 heavy (non-hydrogen) atoms. The number of amides is 2. The zero-order valence-electron chi connectivity index (χ0n) is 28.1. The van der Waals surface area contributed by atoms with Crippen molar-refractivity contribution in [1.29, 1.82) is 0 Å². The van der Waals surface area contributed by atoms with E-state index in [-0.39, 0.29) is 18.6 Å². The number of unbranched alkanes of at least 4 members (excludes halogenated alkanes) is 2. The van der Waals surface area contributed by atoms with Crippen molar-refractivity contribution in [2.45, 2.75) is 125 Å². The van der Waals surface area contributed by atoms with Crippen LogP contribution in [-0.2, 0) is 34.1 Å². The van der Waals surface area contributed by atoms with Crippen molar-refractivity contribution in [3.8, 4) is 0 Å². The lowest BCUT2D eigenvalue weighted by atomic mass is 9.55. The van der Waals surface area contributed by atoms with E-state index in [9.17, 15) is 19.2 Å². The summed E-state index contributed by atoms with van der Waals surface area (Å²) in [6.45, 7) is 18.2. The Balaban J connectivity index is 2.43. The Labute approximate surface area is 259 Å². The predicted octanol–water partition coefficient (Wildman–Crippen LogP) is 6.87. The number of esters is 2. The number of benzene rings is 1. The lowest BCUT2D eigenvalue weighted by Crippen LogP contribution is -2.65. The third-order valence-electron chi connectivity index (χ3n) is 9.60. The second-order valence-corrected chi connectivity index (χ2v) is 12.7. The van der Waals surface area contributed by atoms with Gasteiger partial charge in [0.15, 0.2) is 0 Å². The molecular formula is C35H56N2O6. The molecule has 0 aliphatic heterocycles. The van der Waals surface area contributed by atoms with Crippen LogP contribution in [0, 0.1) is 30.6 Å². The molecule has 8 nitrogen and oxygen atoms in total. The molecule has 242 valence electrons. The monoisotopic (exact) mass is 600 g/mol. The Kier molecular flexibility index (Phi) is 13.7. The molecule has 0 spiro atoms. The highest BCUT2D eigenvalue weighted by molar-refractivity contribution is 6.04. The molecule has 0 bridgehead atoms. The second-order valence-electron chi connectivity index (χ2n) is 12.7. The molecule has 2 N–H and O–H groups in total. The van der Waals surface area contributed by atoms with Gasteiger partial charge in [0.25, 0.3) is 0 Å². The molecule has 0 radical (unpaired) electrons. The molecule has 1 saturated carbocycles. The maximum Gasteiger partial charge on any atom is 0.310 e. The molecule has 1 aliphatic carbocycles. The second kappa shape index (κ2) is 16.2. The van der Waals surface area contributed by atoms with Gasteiger partial charge in [-0.1, -0.05) is 72.4 Å². The Morgan fingerprint density at radius 3 is 1.74 bits per heavy atom. The number of aryl methyl sites for hydroxylation is 1. The molecule has 0 saturated heterocycles. The molecule has 1 aromatic carbocycles. The smallest absolute Gasteiger partial charge is 0.310 e. The first kappa shape index (κ1) is 36.3. The fourth-order valence-corrected chi connectivity index (χ4v) is 6.23. The summed E-state index contributed by atoms with van der Waals surface area (Å²) in [6.07, 6.45) is 7.70. The SMILES string of the molecule is CCCCC(C)(CC)NC(=O)C1C(C(=O)OCC)C(C(=O)Nc2ccc(C(C)(CC)CCCC)cc2C)C1C(=O)OCC. The van der Waals surface area contributed by atoms with Crippen molar-refractivity contribution in [3.05, 3.63) is 29.3 Å². The molecule has 2 rings (SSSR count). The predicted molar refractivity (Wildman–Crippen MR) is 171 cm³/mol. The zero-order valence-corrected chi connectivity index (χ0v) is 28.1. The Bertz CT molecular complexity index is 1090. The Hall–Kier alpha value is -2.90. The van der Waals surface area contributed by atoms with Crippen LogP contribution >= 0.6 is 0 Å². The van der Waals surface area contributed by atoms with Crippen LogP contribution in [0.1, 0.15) is 118 Å². The summed E-state index contributed by atoms with van der Waals surface area (Å²) in [7, 11) is 0. The largest absolute Gasteiger partial charge is 0.466 e. The fraction of sp³-hybridized carbons (Fsp3) is 0.714. The number of hydrogen-bond acceptors (Lipinski definition) is 6. The molecule has 1 aromatic rings. The van der Waals surface area contributed by atoms with Gasteiger partial charge in [0, 0.05) is 11.2 Å². The van der Waals surface area contributed by atoms with Gasteiger partial charge in [-0.3, -0.25) is 19.2 Å². The zero-order chi connectivity index (χ0) is 32.4. The summed E-state index contributed by atoms with van der Waals surface area (Å²) < 4.78 is 10.7. The minimum absolute atomic E-state index is 0.0337. The van der Waals surface area contributed by atoms with Crippen molar-refractivity contribution >= 4 is 29.4 Å². The van der Waals surface area contributed by atoms with Crippen LogP contribution in [0.25, 0.3) is 0 Å². The first-order valence-corrected chi connectivity index (χ1v) is 16.4. The summed E-state index contributed by atoms with van der Waals surface area (Å²) in [5, 5.41) is 6.07. The minimum atomic E-state index is -1.10.